The van der Waals surface area contributed by atoms with Crippen LogP contribution in [0.5, 0.6) is 0 Å². The Bertz CT molecular complexity index is 288. The van der Waals surface area contributed by atoms with Crippen LogP contribution in [0.3, 0.4) is 0 Å². The zero-order valence-corrected chi connectivity index (χ0v) is 8.69. The highest BCUT2D eigenvalue weighted by atomic mass is 16.7. The third-order valence-corrected chi connectivity index (χ3v) is 2.55. The maximum absolute atomic E-state index is 5.84. The standard InChI is InChI=1S/C12H16O2/c1-12(2,14-11-8-9-13-11)10-6-4-3-5-7-10/h3-7,11H,8-9H2,1-2H3/t11-/m0/s1. The first-order valence-corrected chi connectivity index (χ1v) is 5.03. The van der Waals surface area contributed by atoms with E-state index in [1.807, 2.05) is 18.2 Å². The molecule has 0 unspecified atom stereocenters. The van der Waals surface area contributed by atoms with Gasteiger partial charge in [0, 0.05) is 6.42 Å². The Morgan fingerprint density at radius 3 is 2.43 bits per heavy atom. The molecule has 0 spiro atoms. The Hall–Kier alpha value is -0.860. The highest BCUT2D eigenvalue weighted by Crippen LogP contribution is 2.29. The molecule has 1 atom stereocenters. The zero-order chi connectivity index (χ0) is 10.0. The number of rotatable bonds is 3. The van der Waals surface area contributed by atoms with E-state index in [9.17, 15) is 0 Å². The minimum Gasteiger partial charge on any atom is -0.352 e. The Kier molecular flexibility index (Phi) is 2.57. The van der Waals surface area contributed by atoms with Crippen LogP contribution in [0, 0.1) is 0 Å². The van der Waals surface area contributed by atoms with Crippen LogP contribution in [-0.4, -0.2) is 12.9 Å². The highest BCUT2D eigenvalue weighted by Gasteiger charge is 2.29. The minimum absolute atomic E-state index is 0.00907. The van der Waals surface area contributed by atoms with Crippen LogP contribution in [0.15, 0.2) is 30.3 Å². The molecule has 2 rings (SSSR count). The summed E-state index contributed by atoms with van der Waals surface area (Å²) in [6.45, 7) is 4.98. The van der Waals surface area contributed by atoms with E-state index >= 15 is 0 Å². The second-order valence-electron chi connectivity index (χ2n) is 4.08. The van der Waals surface area contributed by atoms with Crippen LogP contribution in [-0.2, 0) is 15.1 Å². The lowest BCUT2D eigenvalue weighted by molar-refractivity contribution is -0.261. The maximum atomic E-state index is 5.84. The van der Waals surface area contributed by atoms with Crippen LogP contribution in [0.2, 0.25) is 0 Å². The van der Waals surface area contributed by atoms with Gasteiger partial charge in [0.15, 0.2) is 6.29 Å². The molecule has 0 radical (unpaired) electrons. The molecule has 1 aromatic rings. The molecular weight excluding hydrogens is 176 g/mol. The van der Waals surface area contributed by atoms with Gasteiger partial charge in [-0.25, -0.2) is 0 Å². The SMILES string of the molecule is CC(C)(O[C@H]1CCO1)c1ccccc1. The predicted octanol–water partition coefficient (Wildman–Crippen LogP) is 2.68. The summed E-state index contributed by atoms with van der Waals surface area (Å²) in [5.74, 6) is 0. The van der Waals surface area contributed by atoms with Crippen molar-refractivity contribution in [2.45, 2.75) is 32.2 Å². The molecule has 1 aliphatic heterocycles. The summed E-state index contributed by atoms with van der Waals surface area (Å²) in [6.07, 6.45) is 1.00. The van der Waals surface area contributed by atoms with E-state index in [-0.39, 0.29) is 11.9 Å². The molecule has 0 N–H and O–H groups in total. The molecule has 1 fully saturated rings. The molecule has 1 aromatic carbocycles. The Labute approximate surface area is 84.8 Å². The smallest absolute Gasteiger partial charge is 0.160 e. The van der Waals surface area contributed by atoms with Gasteiger partial charge >= 0.3 is 0 Å². The normalized spacial score (nSPS) is 21.7. The van der Waals surface area contributed by atoms with E-state index in [1.165, 1.54) is 5.56 Å². The molecule has 0 amide bonds. The van der Waals surface area contributed by atoms with Crippen molar-refractivity contribution >= 4 is 0 Å². The molecular formula is C12H16O2. The van der Waals surface area contributed by atoms with Gasteiger partial charge in [0.05, 0.1) is 12.2 Å². The number of ether oxygens (including phenoxy) is 2. The molecule has 76 valence electrons. The summed E-state index contributed by atoms with van der Waals surface area (Å²) in [5.41, 5.74) is 0.933. The summed E-state index contributed by atoms with van der Waals surface area (Å²) in [5, 5.41) is 0. The Balaban J connectivity index is 2.06. The largest absolute Gasteiger partial charge is 0.352 e. The summed E-state index contributed by atoms with van der Waals surface area (Å²) < 4.78 is 11.1. The summed E-state index contributed by atoms with van der Waals surface area (Å²) in [4.78, 5) is 0. The fraction of sp³-hybridized carbons (Fsp3) is 0.500. The molecule has 0 aromatic heterocycles. The Morgan fingerprint density at radius 2 is 1.93 bits per heavy atom. The van der Waals surface area contributed by atoms with Gasteiger partial charge in [-0.05, 0) is 19.4 Å². The van der Waals surface area contributed by atoms with Crippen molar-refractivity contribution in [2.75, 3.05) is 6.61 Å². The quantitative estimate of drug-likeness (QED) is 0.733. The van der Waals surface area contributed by atoms with Gasteiger partial charge < -0.3 is 9.47 Å². The van der Waals surface area contributed by atoms with E-state index in [1.54, 1.807) is 0 Å². The average Bonchev–Trinajstić information content (AvgIpc) is 2.13. The van der Waals surface area contributed by atoms with Gasteiger partial charge in [0.25, 0.3) is 0 Å². The maximum Gasteiger partial charge on any atom is 0.160 e. The van der Waals surface area contributed by atoms with Gasteiger partial charge in [-0.15, -0.1) is 0 Å². The van der Waals surface area contributed by atoms with E-state index < -0.39 is 0 Å². The molecule has 2 heteroatoms. The van der Waals surface area contributed by atoms with Crippen molar-refractivity contribution in [1.29, 1.82) is 0 Å². The van der Waals surface area contributed by atoms with E-state index in [2.05, 4.69) is 26.0 Å². The molecule has 0 bridgehead atoms. The van der Waals surface area contributed by atoms with Crippen LogP contribution < -0.4 is 0 Å². The molecule has 2 nitrogen and oxygen atoms in total. The third kappa shape index (κ3) is 1.97. The lowest BCUT2D eigenvalue weighted by atomic mass is 9.98. The van der Waals surface area contributed by atoms with E-state index in [0.717, 1.165) is 13.0 Å². The molecule has 14 heavy (non-hydrogen) atoms. The van der Waals surface area contributed by atoms with Crippen molar-refractivity contribution in [1.82, 2.24) is 0 Å². The summed E-state index contributed by atoms with van der Waals surface area (Å²) >= 11 is 0. The fourth-order valence-electron chi connectivity index (χ4n) is 1.54. The molecule has 1 aliphatic rings. The summed E-state index contributed by atoms with van der Waals surface area (Å²) in [6, 6.07) is 10.2. The zero-order valence-electron chi connectivity index (χ0n) is 8.69. The van der Waals surface area contributed by atoms with Crippen LogP contribution in [0.1, 0.15) is 25.8 Å². The van der Waals surface area contributed by atoms with E-state index in [4.69, 9.17) is 9.47 Å². The molecule has 0 saturated carbocycles. The molecule has 0 aliphatic carbocycles. The lowest BCUT2D eigenvalue weighted by Crippen LogP contribution is -2.37. The number of hydrogen-bond donors (Lipinski definition) is 0. The number of hydrogen-bond acceptors (Lipinski definition) is 2. The van der Waals surface area contributed by atoms with Gasteiger partial charge in [-0.3, -0.25) is 0 Å². The highest BCUT2D eigenvalue weighted by molar-refractivity contribution is 5.20. The molecule has 1 saturated heterocycles. The first-order valence-electron chi connectivity index (χ1n) is 5.03. The van der Waals surface area contributed by atoms with Crippen molar-refractivity contribution in [3.05, 3.63) is 35.9 Å². The van der Waals surface area contributed by atoms with Crippen molar-refractivity contribution < 1.29 is 9.47 Å². The van der Waals surface area contributed by atoms with Crippen molar-refractivity contribution in [2.24, 2.45) is 0 Å². The number of benzene rings is 1. The van der Waals surface area contributed by atoms with Gasteiger partial charge in [-0.1, -0.05) is 30.3 Å². The predicted molar refractivity (Wildman–Crippen MR) is 54.9 cm³/mol. The first kappa shape index (κ1) is 9.69. The van der Waals surface area contributed by atoms with Crippen molar-refractivity contribution in [3.63, 3.8) is 0 Å². The van der Waals surface area contributed by atoms with Crippen LogP contribution >= 0.6 is 0 Å². The van der Waals surface area contributed by atoms with Crippen molar-refractivity contribution in [3.8, 4) is 0 Å². The third-order valence-electron chi connectivity index (χ3n) is 2.55. The van der Waals surface area contributed by atoms with Gasteiger partial charge in [-0.2, -0.15) is 0 Å². The van der Waals surface area contributed by atoms with Gasteiger partial charge in [0.1, 0.15) is 0 Å². The second kappa shape index (κ2) is 3.71. The van der Waals surface area contributed by atoms with Gasteiger partial charge in [0.2, 0.25) is 0 Å². The van der Waals surface area contributed by atoms with Crippen LogP contribution in [0.4, 0.5) is 0 Å². The minimum atomic E-state index is -0.258. The second-order valence-corrected chi connectivity index (χ2v) is 4.08. The van der Waals surface area contributed by atoms with Crippen LogP contribution in [0.25, 0.3) is 0 Å². The fourth-order valence-corrected chi connectivity index (χ4v) is 1.54. The van der Waals surface area contributed by atoms with E-state index in [0.29, 0.717) is 0 Å². The molecule has 1 heterocycles. The summed E-state index contributed by atoms with van der Waals surface area (Å²) in [7, 11) is 0. The average molecular weight is 192 g/mol. The Morgan fingerprint density at radius 1 is 1.29 bits per heavy atom. The topological polar surface area (TPSA) is 18.5 Å². The first-order chi connectivity index (χ1) is 6.68. The monoisotopic (exact) mass is 192 g/mol. The lowest BCUT2D eigenvalue weighted by Gasteiger charge is -2.35.